The predicted molar refractivity (Wildman–Crippen MR) is 82.1 cm³/mol. The van der Waals surface area contributed by atoms with Crippen LogP contribution in [0, 0.1) is 0 Å². The van der Waals surface area contributed by atoms with Crippen molar-refractivity contribution in [2.75, 3.05) is 6.61 Å². The van der Waals surface area contributed by atoms with Crippen LogP contribution in [0.25, 0.3) is 0 Å². The first-order valence-electron chi connectivity index (χ1n) is 6.65. The highest BCUT2D eigenvalue weighted by Gasteiger charge is 2.09. The minimum atomic E-state index is -0.208. The number of amides is 1. The lowest BCUT2D eigenvalue weighted by Gasteiger charge is -2.06. The van der Waals surface area contributed by atoms with E-state index in [9.17, 15) is 4.79 Å². The Hall–Kier alpha value is -1.82. The van der Waals surface area contributed by atoms with Crippen molar-refractivity contribution in [3.05, 3.63) is 46.3 Å². The molecule has 1 heterocycles. The Morgan fingerprint density at radius 3 is 2.71 bits per heavy atom. The van der Waals surface area contributed by atoms with Gasteiger partial charge in [0, 0.05) is 10.5 Å². The Bertz CT molecular complexity index is 593. The molecule has 0 atom stereocenters. The molecular weight excluding hydrogens is 336 g/mol. The van der Waals surface area contributed by atoms with Crippen molar-refractivity contribution in [1.29, 1.82) is 0 Å². The number of nitrogens with zero attached hydrogens (tertiary/aromatic N) is 1. The van der Waals surface area contributed by atoms with Crippen molar-refractivity contribution in [3.8, 4) is 5.75 Å². The van der Waals surface area contributed by atoms with Gasteiger partial charge in [-0.15, -0.1) is 0 Å². The molecule has 0 saturated heterocycles. The Kier molecular flexibility index (Phi) is 5.38. The number of aromatic nitrogens is 1. The van der Waals surface area contributed by atoms with Crippen LogP contribution in [0.2, 0.25) is 0 Å². The molecule has 112 valence electrons. The van der Waals surface area contributed by atoms with Crippen molar-refractivity contribution in [3.63, 3.8) is 0 Å². The first kappa shape index (κ1) is 15.6. The zero-order valence-electron chi connectivity index (χ0n) is 11.9. The molecule has 0 unspecified atom stereocenters. The summed E-state index contributed by atoms with van der Waals surface area (Å²) in [6.07, 6.45) is 0. The van der Waals surface area contributed by atoms with Crippen LogP contribution in [0.15, 0.2) is 39.3 Å². The molecule has 0 saturated carbocycles. The fraction of sp³-hybridized carbons (Fsp3) is 0.333. The molecule has 2 rings (SSSR count). The molecule has 1 aromatic carbocycles. The summed E-state index contributed by atoms with van der Waals surface area (Å²) >= 11 is 3.34. The second-order valence-corrected chi connectivity index (χ2v) is 5.81. The lowest BCUT2D eigenvalue weighted by molar-refractivity contribution is -0.123. The van der Waals surface area contributed by atoms with Gasteiger partial charge in [-0.1, -0.05) is 34.9 Å². The molecule has 0 fully saturated rings. The Morgan fingerprint density at radius 1 is 1.38 bits per heavy atom. The summed E-state index contributed by atoms with van der Waals surface area (Å²) in [5.41, 5.74) is 0.880. The second kappa shape index (κ2) is 7.26. The molecule has 5 nitrogen and oxygen atoms in total. The average Bonchev–Trinajstić information content (AvgIpc) is 2.93. The molecule has 2 aromatic rings. The third-order valence-corrected chi connectivity index (χ3v) is 3.34. The van der Waals surface area contributed by atoms with E-state index < -0.39 is 0 Å². The van der Waals surface area contributed by atoms with Gasteiger partial charge in [0.2, 0.25) is 0 Å². The van der Waals surface area contributed by atoms with Crippen molar-refractivity contribution in [2.24, 2.45) is 0 Å². The zero-order chi connectivity index (χ0) is 15.2. The topological polar surface area (TPSA) is 64.4 Å². The van der Waals surface area contributed by atoms with Gasteiger partial charge in [0.05, 0.1) is 12.2 Å². The van der Waals surface area contributed by atoms with Crippen molar-refractivity contribution >= 4 is 21.8 Å². The number of nitrogens with one attached hydrogen (secondary N) is 1. The number of halogens is 1. The van der Waals surface area contributed by atoms with E-state index in [0.717, 1.165) is 10.2 Å². The number of benzene rings is 1. The summed E-state index contributed by atoms with van der Waals surface area (Å²) in [4.78, 5) is 11.7. The maximum atomic E-state index is 11.7. The minimum absolute atomic E-state index is 0.0349. The lowest BCUT2D eigenvalue weighted by Crippen LogP contribution is -2.28. The van der Waals surface area contributed by atoms with E-state index in [2.05, 4.69) is 26.4 Å². The highest BCUT2D eigenvalue weighted by atomic mass is 79.9. The smallest absolute Gasteiger partial charge is 0.258 e. The summed E-state index contributed by atoms with van der Waals surface area (Å²) in [7, 11) is 0. The van der Waals surface area contributed by atoms with Crippen molar-refractivity contribution < 1.29 is 14.1 Å². The quantitative estimate of drug-likeness (QED) is 0.866. The van der Waals surface area contributed by atoms with Gasteiger partial charge in [0.1, 0.15) is 5.75 Å². The number of rotatable bonds is 6. The number of hydrogen-bond donors (Lipinski definition) is 1. The van der Waals surface area contributed by atoms with Gasteiger partial charge in [0.15, 0.2) is 12.4 Å². The van der Waals surface area contributed by atoms with E-state index in [1.165, 1.54) is 0 Å². The standard InChI is InChI=1S/C15H17BrN2O3/c1-10(2)14-7-13(21-18-14)8-17-15(19)9-20-12-5-3-11(16)4-6-12/h3-7,10H,8-9H2,1-2H3,(H,17,19). The van der Waals surface area contributed by atoms with Crippen LogP contribution in [0.3, 0.4) is 0 Å². The maximum absolute atomic E-state index is 11.7. The molecule has 6 heteroatoms. The summed E-state index contributed by atoms with van der Waals surface area (Å²) in [6.45, 7) is 4.34. The number of hydrogen-bond acceptors (Lipinski definition) is 4. The average molecular weight is 353 g/mol. The highest BCUT2D eigenvalue weighted by Crippen LogP contribution is 2.16. The molecule has 0 spiro atoms. The van der Waals surface area contributed by atoms with Crippen molar-refractivity contribution in [2.45, 2.75) is 26.3 Å². The summed E-state index contributed by atoms with van der Waals surface area (Å²) in [5.74, 6) is 1.38. The number of carbonyl (C=O) groups is 1. The number of ether oxygens (including phenoxy) is 1. The first-order chi connectivity index (χ1) is 10.0. The van der Waals surface area contributed by atoms with E-state index in [1.54, 1.807) is 12.1 Å². The molecule has 0 aliphatic carbocycles. The van der Waals surface area contributed by atoms with Gasteiger partial charge in [-0.05, 0) is 30.2 Å². The van der Waals surface area contributed by atoms with Crippen LogP contribution in [0.1, 0.15) is 31.2 Å². The fourth-order valence-corrected chi connectivity index (χ4v) is 1.87. The van der Waals surface area contributed by atoms with Crippen LogP contribution in [0.4, 0.5) is 0 Å². The van der Waals surface area contributed by atoms with Crippen molar-refractivity contribution in [1.82, 2.24) is 10.5 Å². The Morgan fingerprint density at radius 2 is 2.10 bits per heavy atom. The third kappa shape index (κ3) is 4.90. The van der Waals surface area contributed by atoms with E-state index in [4.69, 9.17) is 9.26 Å². The van der Waals surface area contributed by atoms with Gasteiger partial charge in [-0.3, -0.25) is 4.79 Å². The van der Waals surface area contributed by atoms with E-state index >= 15 is 0 Å². The van der Waals surface area contributed by atoms with Gasteiger partial charge in [-0.2, -0.15) is 0 Å². The van der Waals surface area contributed by atoms with Gasteiger partial charge in [-0.25, -0.2) is 0 Å². The third-order valence-electron chi connectivity index (χ3n) is 2.81. The molecule has 0 bridgehead atoms. The van der Waals surface area contributed by atoms with Crippen LogP contribution < -0.4 is 10.1 Å². The van der Waals surface area contributed by atoms with Crippen LogP contribution in [-0.2, 0) is 11.3 Å². The van der Waals surface area contributed by atoms with Crippen LogP contribution in [0.5, 0.6) is 5.75 Å². The van der Waals surface area contributed by atoms with Gasteiger partial charge >= 0.3 is 0 Å². The van der Waals surface area contributed by atoms with Crippen LogP contribution in [-0.4, -0.2) is 17.7 Å². The fourth-order valence-electron chi connectivity index (χ4n) is 1.60. The van der Waals surface area contributed by atoms with E-state index in [1.807, 2.05) is 32.0 Å². The first-order valence-corrected chi connectivity index (χ1v) is 7.44. The molecular formula is C15H17BrN2O3. The molecule has 1 aromatic heterocycles. The Labute approximate surface area is 131 Å². The lowest BCUT2D eigenvalue weighted by atomic mass is 10.1. The summed E-state index contributed by atoms with van der Waals surface area (Å²) in [5, 5.41) is 6.66. The SMILES string of the molecule is CC(C)c1cc(CNC(=O)COc2ccc(Br)cc2)on1. The van der Waals surface area contributed by atoms with Gasteiger partial charge in [0.25, 0.3) is 5.91 Å². The second-order valence-electron chi connectivity index (χ2n) is 4.89. The molecule has 0 radical (unpaired) electrons. The number of carbonyl (C=O) groups excluding carboxylic acids is 1. The highest BCUT2D eigenvalue weighted by molar-refractivity contribution is 9.10. The largest absolute Gasteiger partial charge is 0.484 e. The molecule has 0 aliphatic heterocycles. The summed E-state index contributed by atoms with van der Waals surface area (Å²) in [6, 6.07) is 9.15. The van der Waals surface area contributed by atoms with E-state index in [-0.39, 0.29) is 12.5 Å². The predicted octanol–water partition coefficient (Wildman–Crippen LogP) is 3.26. The molecule has 1 N–H and O–H groups in total. The normalized spacial score (nSPS) is 10.7. The molecule has 21 heavy (non-hydrogen) atoms. The molecule has 1 amide bonds. The maximum Gasteiger partial charge on any atom is 0.258 e. The Balaban J connectivity index is 1.75. The monoisotopic (exact) mass is 352 g/mol. The summed E-state index contributed by atoms with van der Waals surface area (Å²) < 4.78 is 11.5. The van der Waals surface area contributed by atoms with Gasteiger partial charge < -0.3 is 14.6 Å². The van der Waals surface area contributed by atoms with E-state index in [0.29, 0.717) is 24.0 Å². The molecule has 0 aliphatic rings. The zero-order valence-corrected chi connectivity index (χ0v) is 13.5. The van der Waals surface area contributed by atoms with Crippen LogP contribution >= 0.6 is 15.9 Å². The minimum Gasteiger partial charge on any atom is -0.484 e.